The van der Waals surface area contributed by atoms with Crippen molar-refractivity contribution in [1.82, 2.24) is 9.38 Å². The molecule has 3 aromatic rings. The molecule has 4 heteroatoms. The molecule has 0 aliphatic rings. The van der Waals surface area contributed by atoms with Gasteiger partial charge in [-0.15, -0.1) is 11.3 Å². The van der Waals surface area contributed by atoms with Gasteiger partial charge in [0, 0.05) is 23.0 Å². The largest absolute Gasteiger partial charge is 0.398 e. The van der Waals surface area contributed by atoms with Crippen LogP contribution in [0.15, 0.2) is 30.6 Å². The summed E-state index contributed by atoms with van der Waals surface area (Å²) in [6.07, 6.45) is 3.93. The summed E-state index contributed by atoms with van der Waals surface area (Å²) in [5.41, 5.74) is 9.68. The van der Waals surface area contributed by atoms with Crippen LogP contribution in [0, 0.1) is 13.8 Å². The van der Waals surface area contributed by atoms with Gasteiger partial charge in [-0.25, -0.2) is 4.98 Å². The number of thiophene rings is 1. The normalized spacial score (nSPS) is 11.2. The van der Waals surface area contributed by atoms with Crippen molar-refractivity contribution in [3.8, 4) is 10.6 Å². The zero-order valence-electron chi connectivity index (χ0n) is 9.77. The molecule has 0 aliphatic carbocycles. The summed E-state index contributed by atoms with van der Waals surface area (Å²) in [5.74, 6) is 0. The van der Waals surface area contributed by atoms with E-state index in [1.165, 1.54) is 9.75 Å². The van der Waals surface area contributed by atoms with Gasteiger partial charge >= 0.3 is 0 Å². The van der Waals surface area contributed by atoms with Crippen LogP contribution in [0.1, 0.15) is 10.4 Å². The number of nitrogens with zero attached hydrogens (tertiary/aromatic N) is 2. The number of hydrogen-bond donors (Lipinski definition) is 1. The number of imidazole rings is 1. The maximum absolute atomic E-state index is 5.83. The Hall–Kier alpha value is -1.81. The first-order valence-corrected chi connectivity index (χ1v) is 6.27. The number of nitrogens with two attached hydrogens (primary N) is 1. The van der Waals surface area contributed by atoms with Gasteiger partial charge in [-0.1, -0.05) is 0 Å². The summed E-state index contributed by atoms with van der Waals surface area (Å²) in [6, 6.07) is 6.18. The van der Waals surface area contributed by atoms with Gasteiger partial charge in [0.15, 0.2) is 0 Å². The van der Waals surface area contributed by atoms with Crippen molar-refractivity contribution in [1.29, 1.82) is 0 Å². The van der Waals surface area contributed by atoms with E-state index in [1.54, 1.807) is 11.3 Å². The van der Waals surface area contributed by atoms with Gasteiger partial charge < -0.3 is 10.1 Å². The van der Waals surface area contributed by atoms with Crippen LogP contribution in [0.25, 0.3) is 16.2 Å². The number of pyridine rings is 1. The van der Waals surface area contributed by atoms with E-state index >= 15 is 0 Å². The lowest BCUT2D eigenvalue weighted by Gasteiger charge is -1.98. The number of aromatic nitrogens is 2. The molecule has 0 aliphatic heterocycles. The minimum absolute atomic E-state index is 0.765. The molecule has 0 spiro atoms. The minimum Gasteiger partial charge on any atom is -0.398 e. The molecule has 86 valence electrons. The highest BCUT2D eigenvalue weighted by molar-refractivity contribution is 7.15. The first-order chi connectivity index (χ1) is 8.13. The predicted octanol–water partition coefficient (Wildman–Crippen LogP) is 3.26. The molecule has 3 nitrogen and oxygen atoms in total. The summed E-state index contributed by atoms with van der Waals surface area (Å²) in [6.45, 7) is 4.13. The molecule has 0 saturated carbocycles. The number of aryl methyl sites for hydroxylation is 2. The molecular weight excluding hydrogens is 230 g/mol. The fraction of sp³-hybridized carbons (Fsp3) is 0.154. The van der Waals surface area contributed by atoms with Crippen LogP contribution in [0.3, 0.4) is 0 Å². The lowest BCUT2D eigenvalue weighted by molar-refractivity contribution is 1.17. The zero-order chi connectivity index (χ0) is 12.0. The van der Waals surface area contributed by atoms with E-state index in [0.29, 0.717) is 0 Å². The second-order valence-corrected chi connectivity index (χ2v) is 5.51. The molecule has 3 aromatic heterocycles. The molecule has 0 unspecified atom stereocenters. The molecule has 0 aromatic carbocycles. The van der Waals surface area contributed by atoms with Crippen molar-refractivity contribution in [2.75, 3.05) is 5.73 Å². The molecule has 0 amide bonds. The molecule has 3 heterocycles. The first kappa shape index (κ1) is 10.4. The second-order valence-electron chi connectivity index (χ2n) is 4.22. The lowest BCUT2D eigenvalue weighted by atomic mass is 10.3. The van der Waals surface area contributed by atoms with Gasteiger partial charge in [0.05, 0.1) is 10.6 Å². The van der Waals surface area contributed by atoms with E-state index in [1.807, 2.05) is 29.8 Å². The highest BCUT2D eigenvalue weighted by atomic mass is 32.1. The Morgan fingerprint density at radius 2 is 2.06 bits per heavy atom. The number of anilines is 1. The molecule has 0 radical (unpaired) electrons. The fourth-order valence-electron chi connectivity index (χ4n) is 1.99. The second kappa shape index (κ2) is 3.60. The lowest BCUT2D eigenvalue weighted by Crippen LogP contribution is -1.92. The number of hydrogen-bond acceptors (Lipinski definition) is 3. The van der Waals surface area contributed by atoms with E-state index in [4.69, 9.17) is 5.73 Å². The Morgan fingerprint density at radius 1 is 1.24 bits per heavy atom. The summed E-state index contributed by atoms with van der Waals surface area (Å²) in [4.78, 5) is 7.15. The minimum atomic E-state index is 0.765. The van der Waals surface area contributed by atoms with Gasteiger partial charge in [-0.05, 0) is 37.6 Å². The summed E-state index contributed by atoms with van der Waals surface area (Å²) in [7, 11) is 0. The standard InChI is InChI=1S/C13H13N3S/c1-8-5-10(14)6-16-7-11(15-13(8)16)12-4-3-9(2)17-12/h3-7H,14H2,1-2H3. The monoisotopic (exact) mass is 243 g/mol. The summed E-state index contributed by atoms with van der Waals surface area (Å²) >= 11 is 1.76. The van der Waals surface area contributed by atoms with Crippen molar-refractivity contribution in [2.24, 2.45) is 0 Å². The van der Waals surface area contributed by atoms with Gasteiger partial charge in [-0.2, -0.15) is 0 Å². The van der Waals surface area contributed by atoms with E-state index in [2.05, 4.69) is 24.0 Å². The van der Waals surface area contributed by atoms with Gasteiger partial charge in [-0.3, -0.25) is 0 Å². The Kier molecular flexibility index (Phi) is 2.19. The van der Waals surface area contributed by atoms with E-state index in [9.17, 15) is 0 Å². The number of nitrogen functional groups attached to an aromatic ring is 1. The Labute approximate surface area is 104 Å². The van der Waals surface area contributed by atoms with Gasteiger partial charge in [0.2, 0.25) is 0 Å². The van der Waals surface area contributed by atoms with Crippen LogP contribution in [-0.4, -0.2) is 9.38 Å². The van der Waals surface area contributed by atoms with Crippen molar-refractivity contribution in [2.45, 2.75) is 13.8 Å². The van der Waals surface area contributed by atoms with Crippen LogP contribution < -0.4 is 5.73 Å². The molecule has 0 fully saturated rings. The average Bonchev–Trinajstić information content (AvgIpc) is 2.83. The third-order valence-corrected chi connectivity index (χ3v) is 3.77. The fourth-order valence-corrected chi connectivity index (χ4v) is 2.81. The molecule has 0 saturated heterocycles. The third-order valence-electron chi connectivity index (χ3n) is 2.75. The molecular formula is C13H13N3S. The van der Waals surface area contributed by atoms with E-state index < -0.39 is 0 Å². The number of fused-ring (bicyclic) bond motifs is 1. The molecule has 3 rings (SSSR count). The Balaban J connectivity index is 2.23. The molecule has 0 bridgehead atoms. The van der Waals surface area contributed by atoms with Gasteiger partial charge in [0.25, 0.3) is 0 Å². The third kappa shape index (κ3) is 1.70. The number of rotatable bonds is 1. The van der Waals surface area contributed by atoms with Crippen molar-refractivity contribution in [3.05, 3.63) is 41.0 Å². The topological polar surface area (TPSA) is 43.3 Å². The average molecular weight is 243 g/mol. The molecule has 0 atom stereocenters. The summed E-state index contributed by atoms with van der Waals surface area (Å²) in [5, 5.41) is 0. The smallest absolute Gasteiger partial charge is 0.140 e. The van der Waals surface area contributed by atoms with Crippen LogP contribution in [0.5, 0.6) is 0 Å². The van der Waals surface area contributed by atoms with E-state index in [0.717, 1.165) is 22.6 Å². The van der Waals surface area contributed by atoms with Crippen molar-refractivity contribution >= 4 is 22.7 Å². The summed E-state index contributed by atoms with van der Waals surface area (Å²) < 4.78 is 2.00. The molecule has 17 heavy (non-hydrogen) atoms. The maximum atomic E-state index is 5.83. The van der Waals surface area contributed by atoms with Crippen molar-refractivity contribution < 1.29 is 0 Å². The Morgan fingerprint density at radius 3 is 2.76 bits per heavy atom. The van der Waals surface area contributed by atoms with Crippen LogP contribution in [0.2, 0.25) is 0 Å². The van der Waals surface area contributed by atoms with Crippen molar-refractivity contribution in [3.63, 3.8) is 0 Å². The van der Waals surface area contributed by atoms with Crippen LogP contribution in [0.4, 0.5) is 5.69 Å². The van der Waals surface area contributed by atoms with E-state index in [-0.39, 0.29) is 0 Å². The predicted molar refractivity (Wildman–Crippen MR) is 72.4 cm³/mol. The van der Waals surface area contributed by atoms with Crippen LogP contribution in [-0.2, 0) is 0 Å². The molecule has 2 N–H and O–H groups in total. The highest BCUT2D eigenvalue weighted by Gasteiger charge is 2.08. The van der Waals surface area contributed by atoms with Gasteiger partial charge in [0.1, 0.15) is 5.65 Å². The Bertz CT molecular complexity index is 694. The van der Waals surface area contributed by atoms with Crippen LogP contribution >= 0.6 is 11.3 Å². The first-order valence-electron chi connectivity index (χ1n) is 5.45. The SMILES string of the molecule is Cc1ccc(-c2cn3cc(N)cc(C)c3n2)s1. The highest BCUT2D eigenvalue weighted by Crippen LogP contribution is 2.28. The quantitative estimate of drug-likeness (QED) is 0.713. The zero-order valence-corrected chi connectivity index (χ0v) is 10.6. The maximum Gasteiger partial charge on any atom is 0.140 e.